The number of hydrogen-bond acceptors (Lipinski definition) is 4. The van der Waals surface area contributed by atoms with Gasteiger partial charge >= 0.3 is 6.18 Å². The van der Waals surface area contributed by atoms with E-state index in [4.69, 9.17) is 9.47 Å². The molecule has 0 aromatic heterocycles. The minimum absolute atomic E-state index is 0.0635. The molecule has 0 heterocycles. The molecular weight excluding hydrogens is 339 g/mol. The number of halogens is 3. The molecule has 0 fully saturated rings. The lowest BCUT2D eigenvalue weighted by Crippen LogP contribution is -2.28. The first-order valence-electron chi connectivity index (χ1n) is 7.26. The highest BCUT2D eigenvalue weighted by atomic mass is 19.4. The van der Waals surface area contributed by atoms with Gasteiger partial charge in [0.05, 0.1) is 24.8 Å². The van der Waals surface area contributed by atoms with E-state index >= 15 is 0 Å². The summed E-state index contributed by atoms with van der Waals surface area (Å²) < 4.78 is 47.5. The van der Waals surface area contributed by atoms with Gasteiger partial charge < -0.3 is 19.9 Å². The average molecular weight is 355 g/mol. The zero-order chi connectivity index (χ0) is 18.4. The zero-order valence-corrected chi connectivity index (χ0v) is 13.3. The van der Waals surface area contributed by atoms with Crippen LogP contribution < -0.4 is 14.8 Å². The number of aromatic hydroxyl groups is 1. The van der Waals surface area contributed by atoms with Gasteiger partial charge in [0.2, 0.25) is 0 Å². The first-order chi connectivity index (χ1) is 11.8. The summed E-state index contributed by atoms with van der Waals surface area (Å²) in [5.41, 5.74) is -0.682. The summed E-state index contributed by atoms with van der Waals surface area (Å²) in [4.78, 5) is 11.9. The fraction of sp³-hybridized carbons (Fsp3) is 0.235. The van der Waals surface area contributed by atoms with E-state index in [2.05, 4.69) is 5.32 Å². The Hall–Kier alpha value is -2.90. The second-order valence-corrected chi connectivity index (χ2v) is 5.01. The van der Waals surface area contributed by atoms with Gasteiger partial charge in [0.25, 0.3) is 5.91 Å². The molecule has 25 heavy (non-hydrogen) atoms. The largest absolute Gasteiger partial charge is 0.507 e. The number of phenolic OH excluding ortho intramolecular Hbond substituents is 1. The Kier molecular flexibility index (Phi) is 5.74. The molecule has 0 aliphatic carbocycles. The molecule has 0 aliphatic rings. The quantitative estimate of drug-likeness (QED) is 0.781. The Balaban J connectivity index is 1.82. The standard InChI is InChI=1S/C17H16F3NO4/c1-24-13-6-7-14(15(22)10-13)16(23)21-8-9-25-12-4-2-11(3-5-12)17(18,19)20/h2-7,10,22H,8-9H2,1H3,(H,21,23). The molecule has 0 spiro atoms. The lowest BCUT2D eigenvalue weighted by molar-refractivity contribution is -0.137. The number of carbonyl (C=O) groups is 1. The maximum atomic E-state index is 12.4. The number of ether oxygens (including phenoxy) is 2. The first kappa shape index (κ1) is 18.4. The molecule has 0 aliphatic heterocycles. The van der Waals surface area contributed by atoms with Crippen molar-refractivity contribution < 1.29 is 32.5 Å². The van der Waals surface area contributed by atoms with Gasteiger partial charge in [-0.3, -0.25) is 4.79 Å². The Morgan fingerprint density at radius 3 is 2.32 bits per heavy atom. The number of phenols is 1. The van der Waals surface area contributed by atoms with Crippen LogP contribution in [0.15, 0.2) is 42.5 Å². The van der Waals surface area contributed by atoms with E-state index in [0.717, 1.165) is 12.1 Å². The topological polar surface area (TPSA) is 67.8 Å². The molecule has 2 aromatic rings. The van der Waals surface area contributed by atoms with E-state index in [-0.39, 0.29) is 30.2 Å². The highest BCUT2D eigenvalue weighted by molar-refractivity contribution is 5.96. The Morgan fingerprint density at radius 1 is 1.12 bits per heavy atom. The van der Waals surface area contributed by atoms with E-state index in [0.29, 0.717) is 5.75 Å². The third-order valence-corrected chi connectivity index (χ3v) is 3.29. The molecule has 0 saturated heterocycles. The van der Waals surface area contributed by atoms with Gasteiger partial charge in [-0.1, -0.05) is 0 Å². The maximum Gasteiger partial charge on any atom is 0.416 e. The van der Waals surface area contributed by atoms with Gasteiger partial charge in [-0.15, -0.1) is 0 Å². The summed E-state index contributed by atoms with van der Waals surface area (Å²) in [5, 5.41) is 12.3. The van der Waals surface area contributed by atoms with Gasteiger partial charge in [-0.25, -0.2) is 0 Å². The summed E-state index contributed by atoms with van der Waals surface area (Å²) in [5.74, 6) is -0.0501. The maximum absolute atomic E-state index is 12.4. The van der Waals surface area contributed by atoms with E-state index in [9.17, 15) is 23.1 Å². The van der Waals surface area contributed by atoms with E-state index < -0.39 is 17.6 Å². The van der Waals surface area contributed by atoms with Crippen LogP contribution in [0.5, 0.6) is 17.2 Å². The van der Waals surface area contributed by atoms with Gasteiger partial charge in [0.1, 0.15) is 23.9 Å². The van der Waals surface area contributed by atoms with Crippen LogP contribution in [-0.4, -0.2) is 31.3 Å². The molecule has 8 heteroatoms. The van der Waals surface area contributed by atoms with Crippen LogP contribution in [0.1, 0.15) is 15.9 Å². The van der Waals surface area contributed by atoms with Gasteiger partial charge in [-0.2, -0.15) is 13.2 Å². The monoisotopic (exact) mass is 355 g/mol. The molecule has 0 bridgehead atoms. The van der Waals surface area contributed by atoms with Gasteiger partial charge in [0, 0.05) is 6.07 Å². The zero-order valence-electron chi connectivity index (χ0n) is 13.3. The number of benzene rings is 2. The SMILES string of the molecule is COc1ccc(C(=O)NCCOc2ccc(C(F)(F)F)cc2)c(O)c1. The van der Waals surface area contributed by atoms with Gasteiger partial charge in [0.15, 0.2) is 0 Å². The van der Waals surface area contributed by atoms with Crippen LogP contribution in [-0.2, 0) is 6.18 Å². The smallest absolute Gasteiger partial charge is 0.416 e. The average Bonchev–Trinajstić information content (AvgIpc) is 2.58. The van der Waals surface area contributed by atoms with E-state index in [1.54, 1.807) is 0 Å². The number of hydrogen-bond donors (Lipinski definition) is 2. The molecule has 5 nitrogen and oxygen atoms in total. The number of nitrogens with one attached hydrogen (secondary N) is 1. The lowest BCUT2D eigenvalue weighted by atomic mass is 10.2. The highest BCUT2D eigenvalue weighted by Gasteiger charge is 2.29. The molecular formula is C17H16F3NO4. The van der Waals surface area contributed by atoms with Crippen LogP contribution >= 0.6 is 0 Å². The molecule has 0 saturated carbocycles. The van der Waals surface area contributed by atoms with Crippen molar-refractivity contribution in [2.24, 2.45) is 0 Å². The Bertz CT molecular complexity index is 730. The van der Waals surface area contributed by atoms with Crippen LogP contribution in [0.25, 0.3) is 0 Å². The summed E-state index contributed by atoms with van der Waals surface area (Å²) in [6.07, 6.45) is -4.40. The molecule has 0 atom stereocenters. The van der Waals surface area contributed by atoms with Gasteiger partial charge in [-0.05, 0) is 36.4 Å². The van der Waals surface area contributed by atoms with E-state index in [1.807, 2.05) is 0 Å². The van der Waals surface area contributed by atoms with Crippen molar-refractivity contribution >= 4 is 5.91 Å². The number of amides is 1. The van der Waals surface area contributed by atoms with Crippen molar-refractivity contribution in [3.05, 3.63) is 53.6 Å². The normalized spacial score (nSPS) is 11.0. The van der Waals surface area contributed by atoms with Crippen molar-refractivity contribution in [3.8, 4) is 17.2 Å². The second kappa shape index (κ2) is 7.78. The van der Waals surface area contributed by atoms with Crippen LogP contribution in [0.3, 0.4) is 0 Å². The molecule has 2 rings (SSSR count). The summed E-state index contributed by atoms with van der Waals surface area (Å²) >= 11 is 0. The number of carbonyl (C=O) groups excluding carboxylic acids is 1. The molecule has 2 N–H and O–H groups in total. The summed E-state index contributed by atoms with van der Waals surface area (Å²) in [6, 6.07) is 8.52. The predicted molar refractivity (Wildman–Crippen MR) is 83.9 cm³/mol. The van der Waals surface area contributed by atoms with E-state index in [1.165, 1.54) is 37.4 Å². The van der Waals surface area contributed by atoms with Crippen LogP contribution in [0.4, 0.5) is 13.2 Å². The first-order valence-corrected chi connectivity index (χ1v) is 7.26. The fourth-order valence-corrected chi connectivity index (χ4v) is 2.00. The second-order valence-electron chi connectivity index (χ2n) is 5.01. The molecule has 134 valence electrons. The van der Waals surface area contributed by atoms with Crippen LogP contribution in [0, 0.1) is 0 Å². The minimum atomic E-state index is -4.40. The minimum Gasteiger partial charge on any atom is -0.507 e. The van der Waals surface area contributed by atoms with Crippen molar-refractivity contribution in [1.29, 1.82) is 0 Å². The predicted octanol–water partition coefficient (Wildman–Crippen LogP) is 3.23. The van der Waals surface area contributed by atoms with Crippen molar-refractivity contribution in [1.82, 2.24) is 5.32 Å². The highest BCUT2D eigenvalue weighted by Crippen LogP contribution is 2.30. The third kappa shape index (κ3) is 5.03. The molecule has 2 aromatic carbocycles. The van der Waals surface area contributed by atoms with Crippen LogP contribution in [0.2, 0.25) is 0 Å². The summed E-state index contributed by atoms with van der Waals surface area (Å²) in [7, 11) is 1.44. The molecule has 0 radical (unpaired) electrons. The molecule has 1 amide bonds. The van der Waals surface area contributed by atoms with Crippen molar-refractivity contribution in [3.63, 3.8) is 0 Å². The lowest BCUT2D eigenvalue weighted by Gasteiger charge is -2.10. The number of alkyl halides is 3. The molecule has 0 unspecified atom stereocenters. The summed E-state index contributed by atoms with van der Waals surface area (Å²) in [6.45, 7) is 0.180. The fourth-order valence-electron chi connectivity index (χ4n) is 2.00. The Morgan fingerprint density at radius 2 is 1.76 bits per heavy atom. The van der Waals surface area contributed by atoms with Crippen molar-refractivity contribution in [2.75, 3.05) is 20.3 Å². The van der Waals surface area contributed by atoms with Crippen molar-refractivity contribution in [2.45, 2.75) is 6.18 Å². The Labute approximate surface area is 142 Å². The number of methoxy groups -OCH3 is 1. The number of rotatable bonds is 6. The third-order valence-electron chi connectivity index (χ3n) is 3.29.